The van der Waals surface area contributed by atoms with Gasteiger partial charge in [-0.2, -0.15) is 0 Å². The molecular formula is C14H22N2O3S. The van der Waals surface area contributed by atoms with Gasteiger partial charge in [0.25, 0.3) is 0 Å². The maximum Gasteiger partial charge on any atom is 0.240 e. The third-order valence-corrected chi connectivity index (χ3v) is 5.26. The number of aliphatic hydroxyl groups excluding tert-OH is 1. The summed E-state index contributed by atoms with van der Waals surface area (Å²) >= 11 is 0. The number of nitrogens with one attached hydrogen (secondary N) is 1. The first-order valence-electron chi connectivity index (χ1n) is 6.96. The minimum atomic E-state index is -3.59. The fourth-order valence-electron chi connectivity index (χ4n) is 2.47. The van der Waals surface area contributed by atoms with Crippen molar-refractivity contribution in [3.8, 4) is 0 Å². The van der Waals surface area contributed by atoms with Crippen LogP contribution in [0.3, 0.4) is 0 Å². The van der Waals surface area contributed by atoms with E-state index in [-0.39, 0.29) is 17.0 Å². The van der Waals surface area contributed by atoms with Gasteiger partial charge >= 0.3 is 0 Å². The van der Waals surface area contributed by atoms with E-state index in [1.54, 1.807) is 24.3 Å². The Balaban J connectivity index is 2.13. The minimum Gasteiger partial charge on any atom is -0.391 e. The van der Waals surface area contributed by atoms with Gasteiger partial charge in [-0.3, -0.25) is 0 Å². The van der Waals surface area contributed by atoms with E-state index in [1.165, 1.54) is 0 Å². The topological polar surface area (TPSA) is 92.4 Å². The normalized spacial score (nSPS) is 25.4. The molecule has 0 heterocycles. The van der Waals surface area contributed by atoms with Gasteiger partial charge in [-0.15, -0.1) is 0 Å². The second-order valence-electron chi connectivity index (χ2n) is 5.44. The Bertz CT molecular complexity index is 540. The fraction of sp³-hybridized carbons (Fsp3) is 0.571. The zero-order valence-corrected chi connectivity index (χ0v) is 12.4. The van der Waals surface area contributed by atoms with Crippen molar-refractivity contribution in [2.75, 3.05) is 0 Å². The van der Waals surface area contributed by atoms with Gasteiger partial charge in [0.05, 0.1) is 11.0 Å². The summed E-state index contributed by atoms with van der Waals surface area (Å²) in [6.07, 6.45) is 2.62. The molecule has 0 spiro atoms. The van der Waals surface area contributed by atoms with E-state index in [0.29, 0.717) is 12.8 Å². The molecule has 20 heavy (non-hydrogen) atoms. The lowest BCUT2D eigenvalue weighted by atomic mass is 9.93. The molecule has 0 aliphatic heterocycles. The summed E-state index contributed by atoms with van der Waals surface area (Å²) in [5, 5.41) is 9.85. The minimum absolute atomic E-state index is 0.125. The van der Waals surface area contributed by atoms with Crippen LogP contribution in [0, 0.1) is 0 Å². The monoisotopic (exact) mass is 298 g/mol. The van der Waals surface area contributed by atoms with Gasteiger partial charge in [-0.25, -0.2) is 13.1 Å². The van der Waals surface area contributed by atoms with Crippen LogP contribution in [0.1, 0.15) is 44.2 Å². The second-order valence-corrected chi connectivity index (χ2v) is 7.15. The predicted octanol–water partition coefficient (Wildman–Crippen LogP) is 1.29. The number of sulfonamides is 1. The second kappa shape index (κ2) is 6.22. The average molecular weight is 298 g/mol. The molecule has 1 saturated carbocycles. The van der Waals surface area contributed by atoms with Crippen molar-refractivity contribution >= 4 is 10.0 Å². The van der Waals surface area contributed by atoms with Crippen LogP contribution in [0.4, 0.5) is 0 Å². The molecule has 1 aromatic rings. The largest absolute Gasteiger partial charge is 0.391 e. The molecule has 1 aliphatic rings. The van der Waals surface area contributed by atoms with Crippen molar-refractivity contribution in [2.24, 2.45) is 5.73 Å². The Kier molecular flexibility index (Phi) is 4.80. The molecule has 0 saturated heterocycles. The van der Waals surface area contributed by atoms with Gasteiger partial charge in [0.2, 0.25) is 10.0 Å². The average Bonchev–Trinajstić information content (AvgIpc) is 2.41. The lowest BCUT2D eigenvalue weighted by Gasteiger charge is -2.28. The summed E-state index contributed by atoms with van der Waals surface area (Å²) in [7, 11) is -3.59. The fourth-order valence-corrected chi connectivity index (χ4v) is 3.77. The third kappa shape index (κ3) is 3.58. The van der Waals surface area contributed by atoms with E-state index < -0.39 is 16.1 Å². The third-order valence-electron chi connectivity index (χ3n) is 3.75. The Morgan fingerprint density at radius 3 is 2.40 bits per heavy atom. The molecule has 1 aromatic carbocycles. The van der Waals surface area contributed by atoms with Crippen LogP contribution in [0.25, 0.3) is 0 Å². The molecule has 1 aliphatic carbocycles. The van der Waals surface area contributed by atoms with Gasteiger partial charge < -0.3 is 10.8 Å². The quantitative estimate of drug-likeness (QED) is 0.781. The molecule has 0 amide bonds. The van der Waals surface area contributed by atoms with Gasteiger partial charge in [0, 0.05) is 12.1 Å². The molecular weight excluding hydrogens is 276 g/mol. The standard InChI is InChI=1S/C14H22N2O3S/c1-10(15)11-6-8-12(9-7-11)20(18,19)16-13-4-2-3-5-14(13)17/h6-10,13-14,16-17H,2-5,15H2,1H3. The van der Waals surface area contributed by atoms with E-state index in [1.807, 2.05) is 6.92 Å². The van der Waals surface area contributed by atoms with Crippen molar-refractivity contribution in [1.82, 2.24) is 4.72 Å². The summed E-state index contributed by atoms with van der Waals surface area (Å²) < 4.78 is 27.1. The molecule has 112 valence electrons. The van der Waals surface area contributed by atoms with Crippen LogP contribution >= 0.6 is 0 Å². The number of hydrogen-bond acceptors (Lipinski definition) is 4. The first-order chi connectivity index (χ1) is 9.40. The van der Waals surface area contributed by atoms with Gasteiger partial charge in [0.15, 0.2) is 0 Å². The highest BCUT2D eigenvalue weighted by Crippen LogP contribution is 2.21. The first kappa shape index (κ1) is 15.4. The molecule has 1 fully saturated rings. The van der Waals surface area contributed by atoms with E-state index >= 15 is 0 Å². The van der Waals surface area contributed by atoms with Gasteiger partial charge in [-0.1, -0.05) is 25.0 Å². The summed E-state index contributed by atoms with van der Waals surface area (Å²) in [4.78, 5) is 0.208. The zero-order valence-electron chi connectivity index (χ0n) is 11.6. The summed E-state index contributed by atoms with van der Waals surface area (Å²) in [6.45, 7) is 1.85. The summed E-state index contributed by atoms with van der Waals surface area (Å²) in [6, 6.07) is 6.03. The molecule has 3 unspecified atom stereocenters. The molecule has 5 nitrogen and oxygen atoms in total. The van der Waals surface area contributed by atoms with Crippen LogP contribution in [0.15, 0.2) is 29.2 Å². The lowest BCUT2D eigenvalue weighted by molar-refractivity contribution is 0.101. The van der Waals surface area contributed by atoms with Crippen LogP contribution in [0.5, 0.6) is 0 Å². The van der Waals surface area contributed by atoms with Crippen LogP contribution in [-0.4, -0.2) is 25.7 Å². The highest BCUT2D eigenvalue weighted by Gasteiger charge is 2.28. The van der Waals surface area contributed by atoms with E-state index in [0.717, 1.165) is 18.4 Å². The van der Waals surface area contributed by atoms with E-state index in [4.69, 9.17) is 5.73 Å². The van der Waals surface area contributed by atoms with Gasteiger partial charge in [0.1, 0.15) is 0 Å². The predicted molar refractivity (Wildman–Crippen MR) is 77.6 cm³/mol. The van der Waals surface area contributed by atoms with Crippen molar-refractivity contribution in [2.45, 2.75) is 55.7 Å². The number of rotatable bonds is 4. The number of nitrogens with two attached hydrogens (primary N) is 1. The van der Waals surface area contributed by atoms with Crippen LogP contribution in [-0.2, 0) is 10.0 Å². The van der Waals surface area contributed by atoms with Crippen LogP contribution in [0.2, 0.25) is 0 Å². The summed E-state index contributed by atoms with van der Waals surface area (Å²) in [5.74, 6) is 0. The van der Waals surface area contributed by atoms with Crippen molar-refractivity contribution in [3.63, 3.8) is 0 Å². The van der Waals surface area contributed by atoms with E-state index in [2.05, 4.69) is 4.72 Å². The first-order valence-corrected chi connectivity index (χ1v) is 8.44. The molecule has 3 atom stereocenters. The molecule has 2 rings (SSSR count). The van der Waals surface area contributed by atoms with Crippen molar-refractivity contribution in [1.29, 1.82) is 0 Å². The molecule has 0 radical (unpaired) electrons. The highest BCUT2D eigenvalue weighted by molar-refractivity contribution is 7.89. The maximum absolute atomic E-state index is 12.3. The molecule has 0 bridgehead atoms. The van der Waals surface area contributed by atoms with E-state index in [9.17, 15) is 13.5 Å². The Morgan fingerprint density at radius 2 is 1.85 bits per heavy atom. The Hall–Kier alpha value is -0.950. The zero-order chi connectivity index (χ0) is 14.8. The summed E-state index contributed by atoms with van der Waals surface area (Å²) in [5.41, 5.74) is 6.63. The Morgan fingerprint density at radius 1 is 1.25 bits per heavy atom. The smallest absolute Gasteiger partial charge is 0.240 e. The number of aliphatic hydroxyl groups is 1. The lowest BCUT2D eigenvalue weighted by Crippen LogP contribution is -2.44. The van der Waals surface area contributed by atoms with Crippen molar-refractivity contribution in [3.05, 3.63) is 29.8 Å². The highest BCUT2D eigenvalue weighted by atomic mass is 32.2. The SMILES string of the molecule is CC(N)c1ccc(S(=O)(=O)NC2CCCCC2O)cc1. The number of benzene rings is 1. The number of hydrogen-bond donors (Lipinski definition) is 3. The van der Waals surface area contributed by atoms with Gasteiger partial charge in [-0.05, 0) is 37.5 Å². The Labute approximate surface area is 120 Å². The van der Waals surface area contributed by atoms with Crippen LogP contribution < -0.4 is 10.5 Å². The van der Waals surface area contributed by atoms with Crippen molar-refractivity contribution < 1.29 is 13.5 Å². The molecule has 0 aromatic heterocycles. The molecule has 4 N–H and O–H groups in total. The molecule has 6 heteroatoms. The maximum atomic E-state index is 12.3.